The smallest absolute Gasteiger partial charge is 0.319 e. The van der Waals surface area contributed by atoms with Crippen molar-refractivity contribution in [3.8, 4) is 0 Å². The average Bonchev–Trinajstić information content (AvgIpc) is 2.38. The molecule has 1 rings (SSSR count). The second-order valence-electron chi connectivity index (χ2n) is 6.11. The fourth-order valence-electron chi connectivity index (χ4n) is 1.85. The zero-order valence-electron chi connectivity index (χ0n) is 13.1. The first kappa shape index (κ1) is 17.0. The third-order valence-corrected chi connectivity index (χ3v) is 3.36. The first-order valence-electron chi connectivity index (χ1n) is 7.12. The summed E-state index contributed by atoms with van der Waals surface area (Å²) in [5.41, 5.74) is 1.94. The number of hydrogen-bond acceptors (Lipinski definition) is 2. The van der Waals surface area contributed by atoms with Gasteiger partial charge in [-0.3, -0.25) is 4.79 Å². The maximum absolute atomic E-state index is 11.7. The molecule has 0 aliphatic heterocycles. The van der Waals surface area contributed by atoms with Crippen LogP contribution in [0.4, 0.5) is 10.5 Å². The van der Waals surface area contributed by atoms with Gasteiger partial charge in [-0.05, 0) is 29.5 Å². The predicted octanol–water partition coefficient (Wildman–Crippen LogP) is 3.22. The number of carboxylic acid groups (broad SMARTS) is 1. The molecule has 1 atom stereocenters. The van der Waals surface area contributed by atoms with Crippen molar-refractivity contribution in [3.63, 3.8) is 0 Å². The molecule has 0 spiro atoms. The topological polar surface area (TPSA) is 78.4 Å². The summed E-state index contributed by atoms with van der Waals surface area (Å²) in [5, 5.41) is 14.2. The molecule has 2 amide bonds. The number of rotatable bonds is 5. The minimum absolute atomic E-state index is 0.0661. The molecule has 0 radical (unpaired) electrons. The van der Waals surface area contributed by atoms with Crippen LogP contribution in [0.3, 0.4) is 0 Å². The first-order chi connectivity index (χ1) is 9.74. The molecule has 1 unspecified atom stereocenters. The van der Waals surface area contributed by atoms with Gasteiger partial charge in [0, 0.05) is 12.2 Å². The van der Waals surface area contributed by atoms with Crippen LogP contribution in [0.1, 0.15) is 39.7 Å². The Kier molecular flexibility index (Phi) is 5.76. The SMILES string of the molecule is CCC(CNC(=O)Nc1ccc(C(C)(C)C)cc1)C(=O)O. The van der Waals surface area contributed by atoms with Crippen LogP contribution in [0.15, 0.2) is 24.3 Å². The maximum atomic E-state index is 11.7. The van der Waals surface area contributed by atoms with Gasteiger partial charge in [0.25, 0.3) is 0 Å². The van der Waals surface area contributed by atoms with Gasteiger partial charge < -0.3 is 15.7 Å². The summed E-state index contributed by atoms with van der Waals surface area (Å²) in [7, 11) is 0. The number of nitrogens with one attached hydrogen (secondary N) is 2. The summed E-state index contributed by atoms with van der Waals surface area (Å²) >= 11 is 0. The lowest BCUT2D eigenvalue weighted by atomic mass is 9.87. The minimum atomic E-state index is -0.896. The van der Waals surface area contributed by atoms with Crippen molar-refractivity contribution in [2.45, 2.75) is 39.5 Å². The van der Waals surface area contributed by atoms with Gasteiger partial charge in [0.1, 0.15) is 0 Å². The normalized spacial score (nSPS) is 12.6. The molecule has 0 aliphatic rings. The molecule has 5 heteroatoms. The number of benzene rings is 1. The minimum Gasteiger partial charge on any atom is -0.481 e. The summed E-state index contributed by atoms with van der Waals surface area (Å²) in [6, 6.07) is 7.24. The molecular weight excluding hydrogens is 268 g/mol. The largest absolute Gasteiger partial charge is 0.481 e. The summed E-state index contributed by atoms with van der Waals surface area (Å²) < 4.78 is 0. The lowest BCUT2D eigenvalue weighted by Gasteiger charge is -2.19. The highest BCUT2D eigenvalue weighted by Gasteiger charge is 2.16. The molecule has 1 aromatic carbocycles. The molecule has 0 bridgehead atoms. The monoisotopic (exact) mass is 292 g/mol. The summed E-state index contributed by atoms with van der Waals surface area (Å²) in [6.45, 7) is 8.28. The average molecular weight is 292 g/mol. The van der Waals surface area contributed by atoms with Crippen molar-refractivity contribution < 1.29 is 14.7 Å². The van der Waals surface area contributed by atoms with Gasteiger partial charge in [-0.1, -0.05) is 39.8 Å². The number of amides is 2. The molecule has 0 saturated carbocycles. The molecule has 0 heterocycles. The standard InChI is InChI=1S/C16H24N2O3/c1-5-11(14(19)20)10-17-15(21)18-13-8-6-12(7-9-13)16(2,3)4/h6-9,11H,5,10H2,1-4H3,(H,19,20)(H2,17,18,21). The van der Waals surface area contributed by atoms with Crippen molar-refractivity contribution in [2.24, 2.45) is 5.92 Å². The quantitative estimate of drug-likeness (QED) is 0.779. The highest BCUT2D eigenvalue weighted by molar-refractivity contribution is 5.89. The lowest BCUT2D eigenvalue weighted by molar-refractivity contribution is -0.141. The van der Waals surface area contributed by atoms with Gasteiger partial charge in [0.05, 0.1) is 5.92 Å². The Morgan fingerprint density at radius 3 is 2.19 bits per heavy atom. The van der Waals surface area contributed by atoms with Gasteiger partial charge >= 0.3 is 12.0 Å². The van der Waals surface area contributed by atoms with Crippen molar-refractivity contribution in [2.75, 3.05) is 11.9 Å². The van der Waals surface area contributed by atoms with E-state index in [-0.39, 0.29) is 12.0 Å². The molecule has 0 aliphatic carbocycles. The third-order valence-electron chi connectivity index (χ3n) is 3.36. The maximum Gasteiger partial charge on any atom is 0.319 e. The van der Waals surface area contributed by atoms with Gasteiger partial charge in [-0.25, -0.2) is 4.79 Å². The molecule has 5 nitrogen and oxygen atoms in total. The molecule has 0 fully saturated rings. The second kappa shape index (κ2) is 7.11. The Hall–Kier alpha value is -2.04. The summed E-state index contributed by atoms with van der Waals surface area (Å²) in [6.07, 6.45) is 0.482. The van der Waals surface area contributed by atoms with Crippen LogP contribution in [0.5, 0.6) is 0 Å². The van der Waals surface area contributed by atoms with E-state index < -0.39 is 17.9 Å². The van der Waals surface area contributed by atoms with E-state index in [0.29, 0.717) is 12.1 Å². The molecule has 0 aromatic heterocycles. The van der Waals surface area contributed by atoms with E-state index in [1.54, 1.807) is 6.92 Å². The van der Waals surface area contributed by atoms with Crippen molar-refractivity contribution >= 4 is 17.7 Å². The fraction of sp³-hybridized carbons (Fsp3) is 0.500. The number of carbonyl (C=O) groups is 2. The summed E-state index contributed by atoms with van der Waals surface area (Å²) in [4.78, 5) is 22.6. The van der Waals surface area contributed by atoms with E-state index in [9.17, 15) is 9.59 Å². The van der Waals surface area contributed by atoms with Crippen LogP contribution in [-0.4, -0.2) is 23.7 Å². The number of carbonyl (C=O) groups excluding carboxylic acids is 1. The van der Waals surface area contributed by atoms with E-state index in [1.165, 1.54) is 5.56 Å². The number of carboxylic acids is 1. The van der Waals surface area contributed by atoms with Crippen molar-refractivity contribution in [1.29, 1.82) is 0 Å². The number of aliphatic carboxylic acids is 1. The van der Waals surface area contributed by atoms with Crippen molar-refractivity contribution in [1.82, 2.24) is 5.32 Å². The summed E-state index contributed by atoms with van der Waals surface area (Å²) in [5.74, 6) is -1.45. The zero-order chi connectivity index (χ0) is 16.0. The molecule has 1 aromatic rings. The van der Waals surface area contributed by atoms with E-state index in [2.05, 4.69) is 31.4 Å². The zero-order valence-corrected chi connectivity index (χ0v) is 13.1. The Morgan fingerprint density at radius 1 is 1.19 bits per heavy atom. The van der Waals surface area contributed by atoms with Crippen LogP contribution in [0.25, 0.3) is 0 Å². The predicted molar refractivity (Wildman–Crippen MR) is 83.6 cm³/mol. The molecule has 116 valence electrons. The van der Waals surface area contributed by atoms with Crippen LogP contribution >= 0.6 is 0 Å². The van der Waals surface area contributed by atoms with Gasteiger partial charge in [-0.2, -0.15) is 0 Å². The second-order valence-corrected chi connectivity index (χ2v) is 6.11. The van der Waals surface area contributed by atoms with Gasteiger partial charge in [-0.15, -0.1) is 0 Å². The Balaban J connectivity index is 2.54. The number of hydrogen-bond donors (Lipinski definition) is 3. The van der Waals surface area contributed by atoms with Gasteiger partial charge in [0.2, 0.25) is 0 Å². The Morgan fingerprint density at radius 2 is 1.76 bits per heavy atom. The highest BCUT2D eigenvalue weighted by atomic mass is 16.4. The van der Waals surface area contributed by atoms with Gasteiger partial charge in [0.15, 0.2) is 0 Å². The lowest BCUT2D eigenvalue weighted by Crippen LogP contribution is -2.35. The Bertz CT molecular complexity index is 489. The first-order valence-corrected chi connectivity index (χ1v) is 7.12. The molecule has 21 heavy (non-hydrogen) atoms. The third kappa shape index (κ3) is 5.45. The molecule has 0 saturated heterocycles. The van der Waals surface area contributed by atoms with Crippen LogP contribution in [-0.2, 0) is 10.2 Å². The van der Waals surface area contributed by atoms with E-state index >= 15 is 0 Å². The van der Waals surface area contributed by atoms with E-state index in [4.69, 9.17) is 5.11 Å². The highest BCUT2D eigenvalue weighted by Crippen LogP contribution is 2.23. The Labute approximate surface area is 125 Å². The van der Waals surface area contributed by atoms with Crippen LogP contribution < -0.4 is 10.6 Å². The van der Waals surface area contributed by atoms with Crippen LogP contribution in [0, 0.1) is 5.92 Å². The number of anilines is 1. The van der Waals surface area contributed by atoms with E-state index in [0.717, 1.165) is 0 Å². The number of urea groups is 1. The van der Waals surface area contributed by atoms with E-state index in [1.807, 2.05) is 24.3 Å². The molecule has 3 N–H and O–H groups in total. The van der Waals surface area contributed by atoms with Crippen LogP contribution in [0.2, 0.25) is 0 Å². The fourth-order valence-corrected chi connectivity index (χ4v) is 1.85. The van der Waals surface area contributed by atoms with Crippen molar-refractivity contribution in [3.05, 3.63) is 29.8 Å². The molecular formula is C16H24N2O3.